The summed E-state index contributed by atoms with van der Waals surface area (Å²) in [6, 6.07) is 2.40. The Bertz CT molecular complexity index is 781. The van der Waals surface area contributed by atoms with Gasteiger partial charge in [0.1, 0.15) is 11.5 Å². The number of rotatable bonds is 2. The molecule has 26 heavy (non-hydrogen) atoms. The van der Waals surface area contributed by atoms with Crippen LogP contribution in [0.4, 0.5) is 42.5 Å². The zero-order chi connectivity index (χ0) is 19.7. The molecule has 0 spiro atoms. The minimum absolute atomic E-state index is 0.0731. The van der Waals surface area contributed by atoms with Gasteiger partial charge in [0.05, 0.1) is 11.1 Å². The maximum atomic E-state index is 12.8. The zero-order valence-corrected chi connectivity index (χ0v) is 12.5. The summed E-state index contributed by atoms with van der Waals surface area (Å²) >= 11 is 0. The number of aromatic hydroxyl groups is 2. The fraction of sp³-hybridized carbons (Fsp3) is 0.133. The van der Waals surface area contributed by atoms with Gasteiger partial charge in [0.2, 0.25) is 0 Å². The van der Waals surface area contributed by atoms with E-state index >= 15 is 0 Å². The molecule has 2 aromatic rings. The molecule has 0 aliphatic carbocycles. The number of halogens is 6. The number of urea groups is 1. The fourth-order valence-corrected chi connectivity index (χ4v) is 1.99. The summed E-state index contributed by atoms with van der Waals surface area (Å²) in [7, 11) is 0. The van der Waals surface area contributed by atoms with Crippen LogP contribution in [0, 0.1) is 0 Å². The van der Waals surface area contributed by atoms with Crippen molar-refractivity contribution in [3.05, 3.63) is 47.5 Å². The predicted octanol–water partition coefficient (Wildman–Crippen LogP) is 4.78. The second-order valence-electron chi connectivity index (χ2n) is 5.11. The van der Waals surface area contributed by atoms with Gasteiger partial charge >= 0.3 is 18.4 Å². The highest BCUT2D eigenvalue weighted by Gasteiger charge is 2.37. The van der Waals surface area contributed by atoms with Crippen molar-refractivity contribution >= 4 is 17.4 Å². The fourth-order valence-electron chi connectivity index (χ4n) is 1.99. The van der Waals surface area contributed by atoms with E-state index in [1.165, 1.54) is 0 Å². The summed E-state index contributed by atoms with van der Waals surface area (Å²) in [6.07, 6.45) is -10.1. The summed E-state index contributed by atoms with van der Waals surface area (Å²) in [4.78, 5) is 11.8. The number of alkyl halides is 6. The number of anilines is 2. The summed E-state index contributed by atoms with van der Waals surface area (Å²) < 4.78 is 76.5. The maximum absolute atomic E-state index is 12.8. The Morgan fingerprint density at radius 1 is 0.692 bits per heavy atom. The molecule has 0 heterocycles. The van der Waals surface area contributed by atoms with Gasteiger partial charge in [0.15, 0.2) is 0 Å². The molecule has 0 aliphatic heterocycles. The van der Waals surface area contributed by atoms with Crippen molar-refractivity contribution in [1.82, 2.24) is 0 Å². The molecule has 2 rings (SSSR count). The second kappa shape index (κ2) is 6.65. The van der Waals surface area contributed by atoms with Gasteiger partial charge in [0.25, 0.3) is 0 Å². The van der Waals surface area contributed by atoms with Gasteiger partial charge in [-0.3, -0.25) is 0 Å². The Hall–Kier alpha value is -3.11. The van der Waals surface area contributed by atoms with Crippen molar-refractivity contribution < 1.29 is 41.4 Å². The van der Waals surface area contributed by atoms with Crippen molar-refractivity contribution in [2.24, 2.45) is 0 Å². The number of phenolic OH excluding ortho intramolecular Hbond substituents is 2. The molecule has 0 bridgehead atoms. The monoisotopic (exact) mass is 380 g/mol. The standard InChI is InChI=1S/C15H10F6N2O3/c16-14(17,18)7-1-8(15(19,20)21)3-9(2-7)22-13(26)23-10-4-11(24)6-12(25)5-10/h1-6,24-25H,(H2,22,23,26). The van der Waals surface area contributed by atoms with Gasteiger partial charge in [-0.2, -0.15) is 26.3 Å². The van der Waals surface area contributed by atoms with Crippen LogP contribution >= 0.6 is 0 Å². The molecule has 0 atom stereocenters. The van der Waals surface area contributed by atoms with Crippen LogP contribution in [0.15, 0.2) is 36.4 Å². The van der Waals surface area contributed by atoms with E-state index < -0.39 is 46.7 Å². The molecule has 0 aliphatic rings. The highest BCUT2D eigenvalue weighted by atomic mass is 19.4. The van der Waals surface area contributed by atoms with Crippen molar-refractivity contribution in [2.75, 3.05) is 10.6 Å². The van der Waals surface area contributed by atoms with E-state index in [0.29, 0.717) is 12.1 Å². The Morgan fingerprint density at radius 3 is 1.46 bits per heavy atom. The molecule has 0 radical (unpaired) electrons. The zero-order valence-electron chi connectivity index (χ0n) is 12.5. The Labute approximate surface area is 141 Å². The molecule has 2 amide bonds. The smallest absolute Gasteiger partial charge is 0.416 e. The van der Waals surface area contributed by atoms with Crippen molar-refractivity contribution in [2.45, 2.75) is 12.4 Å². The molecule has 0 fully saturated rings. The molecule has 5 nitrogen and oxygen atoms in total. The molecule has 0 unspecified atom stereocenters. The van der Waals surface area contributed by atoms with E-state index in [1.54, 1.807) is 0 Å². The lowest BCUT2D eigenvalue weighted by atomic mass is 10.1. The third-order valence-corrected chi connectivity index (χ3v) is 3.01. The van der Waals surface area contributed by atoms with Crippen LogP contribution in [0.3, 0.4) is 0 Å². The van der Waals surface area contributed by atoms with Crippen molar-refractivity contribution in [1.29, 1.82) is 0 Å². The van der Waals surface area contributed by atoms with Crippen LogP contribution in [-0.4, -0.2) is 16.2 Å². The second-order valence-corrected chi connectivity index (χ2v) is 5.11. The van der Waals surface area contributed by atoms with Gasteiger partial charge in [0, 0.05) is 29.6 Å². The maximum Gasteiger partial charge on any atom is 0.416 e. The van der Waals surface area contributed by atoms with E-state index in [0.717, 1.165) is 18.2 Å². The lowest BCUT2D eigenvalue weighted by molar-refractivity contribution is -0.143. The average molecular weight is 380 g/mol. The number of benzene rings is 2. The van der Waals surface area contributed by atoms with Crippen LogP contribution in [0.25, 0.3) is 0 Å². The number of amides is 2. The van der Waals surface area contributed by atoms with Gasteiger partial charge in [-0.25, -0.2) is 4.79 Å². The van der Waals surface area contributed by atoms with E-state index in [1.807, 2.05) is 5.32 Å². The van der Waals surface area contributed by atoms with Crippen LogP contribution in [0.1, 0.15) is 11.1 Å². The molecular weight excluding hydrogens is 370 g/mol. The topological polar surface area (TPSA) is 81.6 Å². The summed E-state index contributed by atoms with van der Waals surface area (Å²) in [5, 5.41) is 22.4. The predicted molar refractivity (Wildman–Crippen MR) is 78.9 cm³/mol. The van der Waals surface area contributed by atoms with Crippen molar-refractivity contribution in [3.8, 4) is 11.5 Å². The van der Waals surface area contributed by atoms with Crippen LogP contribution in [0.2, 0.25) is 0 Å². The van der Waals surface area contributed by atoms with Crippen LogP contribution in [0.5, 0.6) is 11.5 Å². The van der Waals surface area contributed by atoms with E-state index in [9.17, 15) is 41.4 Å². The molecule has 140 valence electrons. The largest absolute Gasteiger partial charge is 0.508 e. The van der Waals surface area contributed by atoms with E-state index in [-0.39, 0.29) is 11.8 Å². The van der Waals surface area contributed by atoms with E-state index in [4.69, 9.17) is 0 Å². The number of carbonyl (C=O) groups excluding carboxylic acids is 1. The highest BCUT2D eigenvalue weighted by Crippen LogP contribution is 2.37. The SMILES string of the molecule is O=C(Nc1cc(O)cc(O)c1)Nc1cc(C(F)(F)F)cc(C(F)(F)F)c1. The lowest BCUT2D eigenvalue weighted by Gasteiger charge is -2.15. The average Bonchev–Trinajstić information content (AvgIpc) is 2.43. The Kier molecular flexibility index (Phi) is 4.92. The first kappa shape index (κ1) is 19.2. The number of carbonyl (C=O) groups is 1. The minimum atomic E-state index is -5.05. The number of phenols is 2. The molecule has 0 aromatic heterocycles. The summed E-state index contributed by atoms with van der Waals surface area (Å²) in [6.45, 7) is 0. The highest BCUT2D eigenvalue weighted by molar-refractivity contribution is 6.00. The van der Waals surface area contributed by atoms with E-state index in [2.05, 4.69) is 5.32 Å². The van der Waals surface area contributed by atoms with Gasteiger partial charge in [-0.15, -0.1) is 0 Å². The van der Waals surface area contributed by atoms with Crippen molar-refractivity contribution in [3.63, 3.8) is 0 Å². The van der Waals surface area contributed by atoms with Gasteiger partial charge in [-0.05, 0) is 18.2 Å². The molecule has 4 N–H and O–H groups in total. The first-order valence-corrected chi connectivity index (χ1v) is 6.75. The first-order valence-electron chi connectivity index (χ1n) is 6.75. The summed E-state index contributed by atoms with van der Waals surface area (Å²) in [5.41, 5.74) is -4.05. The number of nitrogens with one attached hydrogen (secondary N) is 2. The van der Waals surface area contributed by atoms with Crippen LogP contribution in [-0.2, 0) is 12.4 Å². The number of hydrogen-bond acceptors (Lipinski definition) is 3. The molecule has 0 saturated heterocycles. The Morgan fingerprint density at radius 2 is 1.08 bits per heavy atom. The minimum Gasteiger partial charge on any atom is -0.508 e. The third kappa shape index (κ3) is 4.94. The Balaban J connectivity index is 2.28. The molecule has 0 saturated carbocycles. The van der Waals surface area contributed by atoms with Gasteiger partial charge < -0.3 is 20.8 Å². The lowest BCUT2D eigenvalue weighted by Crippen LogP contribution is -2.20. The molecular formula is C15H10F6N2O3. The van der Waals surface area contributed by atoms with Crippen LogP contribution < -0.4 is 10.6 Å². The molecule has 11 heteroatoms. The quantitative estimate of drug-likeness (QED) is 0.566. The molecule has 2 aromatic carbocycles. The van der Waals surface area contributed by atoms with Gasteiger partial charge in [-0.1, -0.05) is 0 Å². The normalized spacial score (nSPS) is 11.9. The summed E-state index contributed by atoms with van der Waals surface area (Å²) in [5.74, 6) is -0.836. The number of hydrogen-bond donors (Lipinski definition) is 4. The third-order valence-electron chi connectivity index (χ3n) is 3.01. The first-order chi connectivity index (χ1) is 11.8.